The highest BCUT2D eigenvalue weighted by Crippen LogP contribution is 2.29. The lowest BCUT2D eigenvalue weighted by atomic mass is 10.1. The van der Waals surface area contributed by atoms with Crippen LogP contribution in [0.5, 0.6) is 5.75 Å². The molecule has 6 nitrogen and oxygen atoms in total. The number of aromatic amines is 1. The Morgan fingerprint density at radius 3 is 2.37 bits per heavy atom. The van der Waals surface area contributed by atoms with E-state index in [1.54, 1.807) is 19.2 Å². The van der Waals surface area contributed by atoms with Crippen molar-refractivity contribution in [1.82, 2.24) is 14.8 Å². The Bertz CT molecular complexity index is 881. The second-order valence-electron chi connectivity index (χ2n) is 8.73. The van der Waals surface area contributed by atoms with Crippen molar-refractivity contribution in [2.75, 3.05) is 33.3 Å². The number of nitrogens with zero attached hydrogens (tertiary/aromatic N) is 2. The van der Waals surface area contributed by atoms with Crippen molar-refractivity contribution >= 4 is 16.8 Å². The van der Waals surface area contributed by atoms with Gasteiger partial charge < -0.3 is 24.3 Å². The summed E-state index contributed by atoms with van der Waals surface area (Å²) in [5.41, 5.74) is 1.21. The van der Waals surface area contributed by atoms with Crippen molar-refractivity contribution in [1.29, 1.82) is 0 Å². The summed E-state index contributed by atoms with van der Waals surface area (Å²) >= 11 is 0. The minimum atomic E-state index is -0.382. The molecule has 0 saturated carbocycles. The van der Waals surface area contributed by atoms with Crippen molar-refractivity contribution in [2.45, 2.75) is 57.8 Å². The van der Waals surface area contributed by atoms with E-state index in [1.807, 2.05) is 4.90 Å². The number of halogens is 1. The van der Waals surface area contributed by atoms with Crippen LogP contribution in [0.4, 0.5) is 4.39 Å². The highest BCUT2D eigenvalue weighted by molar-refractivity contribution is 5.98. The second kappa shape index (κ2) is 8.94. The molecule has 1 amide bonds. The molecule has 0 bridgehead atoms. The van der Waals surface area contributed by atoms with Gasteiger partial charge in [0.05, 0.1) is 6.10 Å². The van der Waals surface area contributed by atoms with E-state index in [0.29, 0.717) is 30.2 Å². The first kappa shape index (κ1) is 21.1. The van der Waals surface area contributed by atoms with E-state index in [1.165, 1.54) is 6.07 Å². The van der Waals surface area contributed by atoms with Crippen molar-refractivity contribution < 1.29 is 18.7 Å². The van der Waals surface area contributed by atoms with Crippen LogP contribution in [0.15, 0.2) is 18.2 Å². The molecule has 0 radical (unpaired) electrons. The fourth-order valence-electron chi connectivity index (χ4n) is 4.49. The molecule has 3 heterocycles. The zero-order chi connectivity index (χ0) is 21.3. The van der Waals surface area contributed by atoms with Crippen LogP contribution >= 0.6 is 0 Å². The van der Waals surface area contributed by atoms with Gasteiger partial charge in [0.25, 0.3) is 5.91 Å². The predicted octanol–water partition coefficient (Wildman–Crippen LogP) is 3.81. The average Bonchev–Trinajstić information content (AvgIpc) is 3.16. The van der Waals surface area contributed by atoms with E-state index in [9.17, 15) is 9.18 Å². The number of fused-ring (bicyclic) bond motifs is 1. The van der Waals surface area contributed by atoms with Gasteiger partial charge in [0, 0.05) is 56.3 Å². The molecule has 1 aromatic heterocycles. The number of carbonyl (C=O) groups excluding carboxylic acids is 1. The van der Waals surface area contributed by atoms with Crippen molar-refractivity contribution in [3.63, 3.8) is 0 Å². The number of likely N-dealkylation sites (tertiary alicyclic amines) is 2. The van der Waals surface area contributed by atoms with E-state index in [0.717, 1.165) is 44.3 Å². The van der Waals surface area contributed by atoms with Crippen LogP contribution in [0, 0.1) is 5.82 Å². The molecule has 0 spiro atoms. The summed E-state index contributed by atoms with van der Waals surface area (Å²) in [6.45, 7) is 7.66. The maximum atomic E-state index is 14.7. The first-order valence-electron chi connectivity index (χ1n) is 11.0. The summed E-state index contributed by atoms with van der Waals surface area (Å²) in [6, 6.07) is 5.40. The van der Waals surface area contributed by atoms with E-state index >= 15 is 0 Å². The molecule has 0 atom stereocenters. The van der Waals surface area contributed by atoms with Gasteiger partial charge in [-0.05, 0) is 51.7 Å². The highest BCUT2D eigenvalue weighted by atomic mass is 19.1. The first-order valence-corrected chi connectivity index (χ1v) is 11.0. The third-order valence-corrected chi connectivity index (χ3v) is 6.47. The molecule has 2 aromatic rings. The van der Waals surface area contributed by atoms with Crippen molar-refractivity contribution in [3.8, 4) is 5.75 Å². The van der Waals surface area contributed by atoms with E-state index < -0.39 is 0 Å². The molecule has 2 fully saturated rings. The number of H-pyrrole nitrogens is 1. The quantitative estimate of drug-likeness (QED) is 0.804. The Kier molecular flexibility index (Phi) is 6.29. The molecular formula is C23H32FN3O3. The summed E-state index contributed by atoms with van der Waals surface area (Å²) < 4.78 is 26.0. The highest BCUT2D eigenvalue weighted by Gasteiger charge is 2.26. The maximum Gasteiger partial charge on any atom is 0.270 e. The maximum absolute atomic E-state index is 14.7. The number of carbonyl (C=O) groups is 1. The number of benzene rings is 1. The van der Waals surface area contributed by atoms with Crippen molar-refractivity contribution in [3.05, 3.63) is 29.7 Å². The van der Waals surface area contributed by atoms with Gasteiger partial charge in [-0.1, -0.05) is 0 Å². The molecule has 1 aromatic carbocycles. The van der Waals surface area contributed by atoms with E-state index in [-0.39, 0.29) is 29.7 Å². The number of methoxy groups -OCH3 is 1. The lowest BCUT2D eigenvalue weighted by molar-refractivity contribution is 0.0348. The average molecular weight is 418 g/mol. The Morgan fingerprint density at radius 1 is 1.07 bits per heavy atom. The third kappa shape index (κ3) is 4.47. The Labute approximate surface area is 177 Å². The Hall–Kier alpha value is -2.12. The van der Waals surface area contributed by atoms with E-state index in [2.05, 4.69) is 23.7 Å². The topological polar surface area (TPSA) is 57.8 Å². The lowest BCUT2D eigenvalue weighted by Crippen LogP contribution is -2.41. The van der Waals surface area contributed by atoms with E-state index in [4.69, 9.17) is 9.47 Å². The summed E-state index contributed by atoms with van der Waals surface area (Å²) in [4.78, 5) is 20.3. The van der Waals surface area contributed by atoms with Crippen LogP contribution in [0.25, 0.3) is 10.9 Å². The monoisotopic (exact) mass is 417 g/mol. The van der Waals surface area contributed by atoms with Gasteiger partial charge in [-0.2, -0.15) is 0 Å². The number of aromatic nitrogens is 1. The number of nitrogens with one attached hydrogen (secondary N) is 1. The molecule has 4 rings (SSSR count). The number of rotatable bonds is 5. The predicted molar refractivity (Wildman–Crippen MR) is 115 cm³/mol. The molecule has 2 aliphatic rings. The van der Waals surface area contributed by atoms with Crippen LogP contribution in [-0.2, 0) is 4.74 Å². The zero-order valence-electron chi connectivity index (χ0n) is 18.1. The molecule has 1 N–H and O–H groups in total. The normalized spacial score (nSPS) is 19.7. The first-order chi connectivity index (χ1) is 14.4. The van der Waals surface area contributed by atoms with Gasteiger partial charge in [-0.25, -0.2) is 4.39 Å². The molecule has 0 aliphatic carbocycles. The smallest absolute Gasteiger partial charge is 0.270 e. The summed E-state index contributed by atoms with van der Waals surface area (Å²) in [5.74, 6) is -0.176. The summed E-state index contributed by atoms with van der Waals surface area (Å²) in [5, 5.41) is 0.685. The number of piperidine rings is 2. The molecular weight excluding hydrogens is 385 g/mol. The van der Waals surface area contributed by atoms with Crippen LogP contribution in [0.1, 0.15) is 50.0 Å². The minimum absolute atomic E-state index is 0.0186. The SMILES string of the molecule is COC1CCN(C(=O)c2cc3cc(F)c(OC4CCN(C(C)C)CC4)cc3[nH]2)CC1. The third-order valence-electron chi connectivity index (χ3n) is 6.47. The number of amides is 1. The fraction of sp³-hybridized carbons (Fsp3) is 0.609. The molecule has 2 saturated heterocycles. The zero-order valence-corrected chi connectivity index (χ0v) is 18.1. The van der Waals surface area contributed by atoms with Crippen LogP contribution in [0.2, 0.25) is 0 Å². The molecule has 164 valence electrons. The van der Waals surface area contributed by atoms with Gasteiger partial charge in [0.2, 0.25) is 0 Å². The van der Waals surface area contributed by atoms with Crippen molar-refractivity contribution in [2.24, 2.45) is 0 Å². The standard InChI is InChI=1S/C23H32FN3O3/c1-15(2)26-8-6-18(7-9-26)30-22-14-20-16(12-19(22)24)13-21(25-20)23(28)27-10-4-17(29-3)5-11-27/h12-15,17-18,25H,4-11H2,1-3H3. The Morgan fingerprint density at radius 2 is 1.73 bits per heavy atom. The van der Waals surface area contributed by atoms with Gasteiger partial charge in [0.15, 0.2) is 11.6 Å². The van der Waals surface area contributed by atoms with Gasteiger partial charge in [-0.15, -0.1) is 0 Å². The van der Waals surface area contributed by atoms with Gasteiger partial charge in [-0.3, -0.25) is 4.79 Å². The molecule has 7 heteroatoms. The second-order valence-corrected chi connectivity index (χ2v) is 8.73. The number of hydrogen-bond acceptors (Lipinski definition) is 4. The van der Waals surface area contributed by atoms with Gasteiger partial charge >= 0.3 is 0 Å². The van der Waals surface area contributed by atoms with Crippen LogP contribution < -0.4 is 4.74 Å². The lowest BCUT2D eigenvalue weighted by Gasteiger charge is -2.34. The molecule has 30 heavy (non-hydrogen) atoms. The van der Waals surface area contributed by atoms with Gasteiger partial charge in [0.1, 0.15) is 11.8 Å². The largest absolute Gasteiger partial charge is 0.487 e. The number of hydrogen-bond donors (Lipinski definition) is 1. The molecule has 2 aliphatic heterocycles. The fourth-order valence-corrected chi connectivity index (χ4v) is 4.49. The van der Waals surface area contributed by atoms with Crippen LogP contribution in [-0.4, -0.2) is 72.2 Å². The minimum Gasteiger partial charge on any atom is -0.487 e. The Balaban J connectivity index is 1.44. The number of ether oxygens (including phenoxy) is 2. The summed E-state index contributed by atoms with van der Waals surface area (Å²) in [6.07, 6.45) is 3.70. The summed E-state index contributed by atoms with van der Waals surface area (Å²) in [7, 11) is 1.71. The van der Waals surface area contributed by atoms with Crippen LogP contribution in [0.3, 0.4) is 0 Å². The molecule has 0 unspecified atom stereocenters.